The van der Waals surface area contributed by atoms with Gasteiger partial charge in [0.05, 0.1) is 12.7 Å². The van der Waals surface area contributed by atoms with E-state index in [9.17, 15) is 0 Å². The zero-order chi connectivity index (χ0) is 13.6. The summed E-state index contributed by atoms with van der Waals surface area (Å²) in [7, 11) is 1.76. The highest BCUT2D eigenvalue weighted by atomic mass is 16.5. The van der Waals surface area contributed by atoms with E-state index in [0.717, 1.165) is 39.0 Å². The lowest BCUT2D eigenvalue weighted by Crippen LogP contribution is -2.61. The average Bonchev–Trinajstić information content (AvgIpc) is 2.39. The van der Waals surface area contributed by atoms with E-state index < -0.39 is 0 Å². The quantitative estimate of drug-likeness (QED) is 0.754. The first kappa shape index (κ1) is 15.9. The van der Waals surface area contributed by atoms with Crippen LogP contribution in [-0.2, 0) is 9.47 Å². The molecule has 1 fully saturated rings. The molecule has 1 heterocycles. The zero-order valence-corrected chi connectivity index (χ0v) is 12.4. The summed E-state index contributed by atoms with van der Waals surface area (Å²) in [6.45, 7) is 9.90. The maximum Gasteiger partial charge on any atom is 0.0590 e. The van der Waals surface area contributed by atoms with E-state index in [1.165, 1.54) is 0 Å². The SMILES string of the molecule is CCC1CC(CN)(N(CCOC)C(C)C)CCO1. The van der Waals surface area contributed by atoms with Gasteiger partial charge in [-0.15, -0.1) is 0 Å². The number of methoxy groups -OCH3 is 1. The summed E-state index contributed by atoms with van der Waals surface area (Å²) in [5.74, 6) is 0. The Balaban J connectivity index is 2.80. The Morgan fingerprint density at radius 1 is 1.50 bits per heavy atom. The van der Waals surface area contributed by atoms with Gasteiger partial charge < -0.3 is 15.2 Å². The van der Waals surface area contributed by atoms with E-state index >= 15 is 0 Å². The number of ether oxygens (including phenoxy) is 2. The van der Waals surface area contributed by atoms with Crippen molar-refractivity contribution in [2.75, 3.05) is 33.4 Å². The van der Waals surface area contributed by atoms with Crippen LogP contribution in [0.2, 0.25) is 0 Å². The third-order valence-corrected chi connectivity index (χ3v) is 4.13. The molecular weight excluding hydrogens is 228 g/mol. The van der Waals surface area contributed by atoms with Crippen molar-refractivity contribution in [3.05, 3.63) is 0 Å². The predicted molar refractivity (Wildman–Crippen MR) is 74.8 cm³/mol. The van der Waals surface area contributed by atoms with Crippen molar-refractivity contribution < 1.29 is 9.47 Å². The molecule has 0 aromatic heterocycles. The summed E-state index contributed by atoms with van der Waals surface area (Å²) in [5, 5.41) is 0. The Morgan fingerprint density at radius 2 is 2.22 bits per heavy atom. The summed E-state index contributed by atoms with van der Waals surface area (Å²) in [6, 6.07) is 0.485. The number of hydrogen-bond donors (Lipinski definition) is 1. The van der Waals surface area contributed by atoms with Gasteiger partial charge in [-0.3, -0.25) is 4.90 Å². The summed E-state index contributed by atoms with van der Waals surface area (Å²) < 4.78 is 11.0. The molecule has 2 atom stereocenters. The van der Waals surface area contributed by atoms with Crippen LogP contribution in [0.1, 0.15) is 40.0 Å². The Hall–Kier alpha value is -0.160. The molecule has 18 heavy (non-hydrogen) atoms. The fourth-order valence-electron chi connectivity index (χ4n) is 3.06. The van der Waals surface area contributed by atoms with Gasteiger partial charge in [0.1, 0.15) is 0 Å². The van der Waals surface area contributed by atoms with Crippen molar-refractivity contribution >= 4 is 0 Å². The third kappa shape index (κ3) is 3.67. The largest absolute Gasteiger partial charge is 0.383 e. The van der Waals surface area contributed by atoms with Crippen molar-refractivity contribution in [2.45, 2.75) is 57.7 Å². The maximum absolute atomic E-state index is 6.13. The topological polar surface area (TPSA) is 47.7 Å². The molecule has 1 aliphatic heterocycles. The molecule has 0 aromatic carbocycles. The lowest BCUT2D eigenvalue weighted by atomic mass is 9.83. The second kappa shape index (κ2) is 7.43. The van der Waals surface area contributed by atoms with Gasteiger partial charge in [-0.1, -0.05) is 6.92 Å². The van der Waals surface area contributed by atoms with Crippen LogP contribution in [0.4, 0.5) is 0 Å². The van der Waals surface area contributed by atoms with Crippen LogP contribution in [0.25, 0.3) is 0 Å². The number of rotatable bonds is 7. The van der Waals surface area contributed by atoms with Crippen molar-refractivity contribution in [3.63, 3.8) is 0 Å². The van der Waals surface area contributed by atoms with Gasteiger partial charge in [0.2, 0.25) is 0 Å². The van der Waals surface area contributed by atoms with Gasteiger partial charge in [-0.05, 0) is 33.1 Å². The van der Waals surface area contributed by atoms with E-state index in [-0.39, 0.29) is 5.54 Å². The van der Waals surface area contributed by atoms with Crippen molar-refractivity contribution in [1.82, 2.24) is 4.90 Å². The van der Waals surface area contributed by atoms with Crippen LogP contribution in [-0.4, -0.2) is 56.0 Å². The minimum absolute atomic E-state index is 0.0889. The second-order valence-electron chi connectivity index (χ2n) is 5.56. The lowest BCUT2D eigenvalue weighted by Gasteiger charge is -2.50. The smallest absolute Gasteiger partial charge is 0.0590 e. The molecule has 0 radical (unpaired) electrons. The molecule has 0 aliphatic carbocycles. The first-order valence-corrected chi connectivity index (χ1v) is 7.17. The minimum Gasteiger partial charge on any atom is -0.383 e. The second-order valence-corrected chi connectivity index (χ2v) is 5.56. The van der Waals surface area contributed by atoms with Crippen molar-refractivity contribution in [3.8, 4) is 0 Å². The van der Waals surface area contributed by atoms with Gasteiger partial charge in [0, 0.05) is 38.4 Å². The Morgan fingerprint density at radius 3 is 2.72 bits per heavy atom. The molecule has 4 nitrogen and oxygen atoms in total. The van der Waals surface area contributed by atoms with E-state index in [2.05, 4.69) is 25.7 Å². The third-order valence-electron chi connectivity index (χ3n) is 4.13. The molecule has 0 spiro atoms. The Bertz CT molecular complexity index is 236. The average molecular weight is 258 g/mol. The summed E-state index contributed by atoms with van der Waals surface area (Å²) in [4.78, 5) is 2.52. The highest BCUT2D eigenvalue weighted by molar-refractivity contribution is 4.97. The van der Waals surface area contributed by atoms with E-state index in [4.69, 9.17) is 15.2 Å². The summed E-state index contributed by atoms with van der Waals surface area (Å²) in [5.41, 5.74) is 6.22. The van der Waals surface area contributed by atoms with Crippen LogP contribution in [0.15, 0.2) is 0 Å². The Labute approximate surface area is 112 Å². The molecule has 1 saturated heterocycles. The molecule has 108 valence electrons. The Kier molecular flexibility index (Phi) is 6.57. The molecule has 0 aromatic rings. The van der Waals surface area contributed by atoms with Gasteiger partial charge in [0.25, 0.3) is 0 Å². The highest BCUT2D eigenvalue weighted by Gasteiger charge is 2.41. The summed E-state index contributed by atoms with van der Waals surface area (Å²) >= 11 is 0. The molecule has 1 rings (SSSR count). The molecule has 2 unspecified atom stereocenters. The standard InChI is InChI=1S/C14H30N2O2/c1-5-13-10-14(11-15,6-8-18-13)16(12(2)3)7-9-17-4/h12-13H,5-11,15H2,1-4H3. The van der Waals surface area contributed by atoms with E-state index in [0.29, 0.717) is 18.7 Å². The molecule has 4 heteroatoms. The van der Waals surface area contributed by atoms with Gasteiger partial charge in [-0.25, -0.2) is 0 Å². The molecule has 0 saturated carbocycles. The van der Waals surface area contributed by atoms with Crippen molar-refractivity contribution in [1.29, 1.82) is 0 Å². The number of hydrogen-bond acceptors (Lipinski definition) is 4. The van der Waals surface area contributed by atoms with Crippen LogP contribution in [0.3, 0.4) is 0 Å². The molecule has 1 aliphatic rings. The normalized spacial score (nSPS) is 29.2. The highest BCUT2D eigenvalue weighted by Crippen LogP contribution is 2.32. The number of nitrogens with two attached hydrogens (primary N) is 1. The first-order valence-electron chi connectivity index (χ1n) is 7.17. The van der Waals surface area contributed by atoms with Crippen LogP contribution in [0.5, 0.6) is 0 Å². The molecular formula is C14H30N2O2. The van der Waals surface area contributed by atoms with Crippen LogP contribution in [0, 0.1) is 0 Å². The molecule has 0 bridgehead atoms. The monoisotopic (exact) mass is 258 g/mol. The van der Waals surface area contributed by atoms with Crippen molar-refractivity contribution in [2.24, 2.45) is 5.73 Å². The van der Waals surface area contributed by atoms with E-state index in [1.54, 1.807) is 7.11 Å². The van der Waals surface area contributed by atoms with Gasteiger partial charge in [0.15, 0.2) is 0 Å². The maximum atomic E-state index is 6.13. The van der Waals surface area contributed by atoms with Gasteiger partial charge in [-0.2, -0.15) is 0 Å². The fraction of sp³-hybridized carbons (Fsp3) is 1.00. The fourth-order valence-corrected chi connectivity index (χ4v) is 3.06. The minimum atomic E-state index is 0.0889. The van der Waals surface area contributed by atoms with E-state index in [1.807, 2.05) is 0 Å². The van der Waals surface area contributed by atoms with Crippen LogP contribution < -0.4 is 5.73 Å². The zero-order valence-electron chi connectivity index (χ0n) is 12.4. The number of nitrogens with zero attached hydrogens (tertiary/aromatic N) is 1. The molecule has 2 N–H and O–H groups in total. The summed E-state index contributed by atoms with van der Waals surface area (Å²) in [6.07, 6.45) is 3.49. The van der Waals surface area contributed by atoms with Gasteiger partial charge >= 0.3 is 0 Å². The first-order chi connectivity index (χ1) is 8.59. The lowest BCUT2D eigenvalue weighted by molar-refractivity contribution is -0.0852. The predicted octanol–water partition coefficient (Wildman–Crippen LogP) is 1.63. The molecule has 0 amide bonds. The van der Waals surface area contributed by atoms with Crippen LogP contribution >= 0.6 is 0 Å².